The number of hydrogen-bond acceptors (Lipinski definition) is 3. The molecule has 1 amide bonds. The van der Waals surface area contributed by atoms with Gasteiger partial charge < -0.3 is 16.0 Å². The van der Waals surface area contributed by atoms with E-state index in [9.17, 15) is 4.79 Å². The molecule has 2 aliphatic rings. The average Bonchev–Trinajstić information content (AvgIpc) is 2.30. The molecule has 0 aromatic heterocycles. The molecule has 2 saturated heterocycles. The number of rotatable bonds is 2. The molecule has 0 saturated carbocycles. The van der Waals surface area contributed by atoms with Crippen LogP contribution in [-0.2, 0) is 4.79 Å². The van der Waals surface area contributed by atoms with Gasteiger partial charge in [-0.05, 0) is 51.9 Å². The number of carbonyl (C=O) groups is 1. The second kappa shape index (κ2) is 4.94. The number of nitrogens with two attached hydrogens (primary N) is 1. The normalized spacial score (nSPS) is 26.7. The molecule has 2 rings (SSSR count). The predicted octanol–water partition coefficient (Wildman–Crippen LogP) is -0.0643. The van der Waals surface area contributed by atoms with Crippen molar-refractivity contribution in [3.63, 3.8) is 0 Å². The standard InChI is InChI=1S/C11H21N3O/c12-11(15)9-3-7-14(8-4-9)10-1-5-13-6-2-10/h9-10,13H,1-8H2,(H2,12,15). The van der Waals surface area contributed by atoms with Gasteiger partial charge in [-0.15, -0.1) is 0 Å². The topological polar surface area (TPSA) is 58.4 Å². The van der Waals surface area contributed by atoms with Crippen molar-refractivity contribution in [2.24, 2.45) is 11.7 Å². The summed E-state index contributed by atoms with van der Waals surface area (Å²) < 4.78 is 0. The Morgan fingerprint density at radius 1 is 1.13 bits per heavy atom. The number of carbonyl (C=O) groups excluding carboxylic acids is 1. The molecule has 15 heavy (non-hydrogen) atoms. The molecular weight excluding hydrogens is 190 g/mol. The first-order valence-electron chi connectivity index (χ1n) is 6.01. The average molecular weight is 211 g/mol. The zero-order valence-corrected chi connectivity index (χ0v) is 9.24. The molecule has 86 valence electrons. The summed E-state index contributed by atoms with van der Waals surface area (Å²) in [5, 5.41) is 3.38. The Hall–Kier alpha value is -0.610. The Balaban J connectivity index is 1.79. The van der Waals surface area contributed by atoms with Crippen molar-refractivity contribution in [2.45, 2.75) is 31.7 Å². The Morgan fingerprint density at radius 3 is 2.27 bits per heavy atom. The molecule has 0 spiro atoms. The maximum Gasteiger partial charge on any atom is 0.220 e. The van der Waals surface area contributed by atoms with E-state index in [2.05, 4.69) is 10.2 Å². The van der Waals surface area contributed by atoms with Gasteiger partial charge in [0.15, 0.2) is 0 Å². The lowest BCUT2D eigenvalue weighted by Gasteiger charge is -2.38. The van der Waals surface area contributed by atoms with E-state index in [-0.39, 0.29) is 11.8 Å². The van der Waals surface area contributed by atoms with E-state index in [1.807, 2.05) is 0 Å². The Morgan fingerprint density at radius 2 is 1.73 bits per heavy atom. The van der Waals surface area contributed by atoms with Crippen LogP contribution in [0.3, 0.4) is 0 Å². The number of likely N-dealkylation sites (tertiary alicyclic amines) is 1. The molecule has 0 aliphatic carbocycles. The van der Waals surface area contributed by atoms with E-state index in [1.165, 1.54) is 12.8 Å². The van der Waals surface area contributed by atoms with E-state index in [0.717, 1.165) is 45.1 Å². The van der Waals surface area contributed by atoms with Crippen LogP contribution in [0.1, 0.15) is 25.7 Å². The lowest BCUT2D eigenvalue weighted by atomic mass is 9.93. The lowest BCUT2D eigenvalue weighted by molar-refractivity contribution is -0.123. The fourth-order valence-corrected chi connectivity index (χ4v) is 2.72. The molecule has 0 radical (unpaired) electrons. The molecule has 2 fully saturated rings. The van der Waals surface area contributed by atoms with Gasteiger partial charge in [-0.25, -0.2) is 0 Å². The molecule has 0 aromatic carbocycles. The van der Waals surface area contributed by atoms with Crippen molar-refractivity contribution in [3.05, 3.63) is 0 Å². The van der Waals surface area contributed by atoms with Crippen molar-refractivity contribution in [2.75, 3.05) is 26.2 Å². The van der Waals surface area contributed by atoms with Crippen molar-refractivity contribution in [3.8, 4) is 0 Å². The van der Waals surface area contributed by atoms with Gasteiger partial charge in [0, 0.05) is 12.0 Å². The quantitative estimate of drug-likeness (QED) is 0.672. The van der Waals surface area contributed by atoms with Gasteiger partial charge >= 0.3 is 0 Å². The Kier molecular flexibility index (Phi) is 3.59. The first-order valence-corrected chi connectivity index (χ1v) is 6.01. The second-order valence-electron chi connectivity index (χ2n) is 4.69. The van der Waals surface area contributed by atoms with Gasteiger partial charge in [0.2, 0.25) is 5.91 Å². The molecule has 0 unspecified atom stereocenters. The van der Waals surface area contributed by atoms with E-state index in [4.69, 9.17) is 5.73 Å². The molecule has 0 aromatic rings. The first-order chi connectivity index (χ1) is 7.27. The molecule has 4 heteroatoms. The Labute approximate surface area is 91.2 Å². The zero-order chi connectivity index (χ0) is 10.7. The van der Waals surface area contributed by atoms with Gasteiger partial charge in [-0.2, -0.15) is 0 Å². The van der Waals surface area contributed by atoms with Crippen LogP contribution in [0.4, 0.5) is 0 Å². The summed E-state index contributed by atoms with van der Waals surface area (Å²) in [5.41, 5.74) is 5.32. The Bertz CT molecular complexity index is 218. The van der Waals surface area contributed by atoms with Gasteiger partial charge in [0.05, 0.1) is 0 Å². The van der Waals surface area contributed by atoms with Gasteiger partial charge in [0.25, 0.3) is 0 Å². The van der Waals surface area contributed by atoms with Crippen molar-refractivity contribution >= 4 is 5.91 Å². The number of nitrogens with one attached hydrogen (secondary N) is 1. The van der Waals surface area contributed by atoms with Crippen LogP contribution in [0.5, 0.6) is 0 Å². The van der Waals surface area contributed by atoms with Gasteiger partial charge in [-0.1, -0.05) is 0 Å². The third-order valence-corrected chi connectivity index (χ3v) is 3.76. The molecule has 3 N–H and O–H groups in total. The minimum Gasteiger partial charge on any atom is -0.369 e. The SMILES string of the molecule is NC(=O)C1CCN(C2CCNCC2)CC1. The highest BCUT2D eigenvalue weighted by Gasteiger charge is 2.27. The minimum absolute atomic E-state index is 0.111. The van der Waals surface area contributed by atoms with Crippen LogP contribution in [0.25, 0.3) is 0 Å². The summed E-state index contributed by atoms with van der Waals surface area (Å²) in [5.74, 6) is 0.0166. The summed E-state index contributed by atoms with van der Waals surface area (Å²) in [7, 11) is 0. The monoisotopic (exact) mass is 211 g/mol. The number of amides is 1. The largest absolute Gasteiger partial charge is 0.369 e. The molecule has 0 atom stereocenters. The third-order valence-electron chi connectivity index (χ3n) is 3.76. The third kappa shape index (κ3) is 2.69. The van der Waals surface area contributed by atoms with Gasteiger partial charge in [-0.3, -0.25) is 4.79 Å². The van der Waals surface area contributed by atoms with Crippen molar-refractivity contribution in [1.82, 2.24) is 10.2 Å². The van der Waals surface area contributed by atoms with E-state index in [0.29, 0.717) is 0 Å². The van der Waals surface area contributed by atoms with Crippen LogP contribution in [0.2, 0.25) is 0 Å². The van der Waals surface area contributed by atoms with Crippen molar-refractivity contribution < 1.29 is 4.79 Å². The van der Waals surface area contributed by atoms with Crippen LogP contribution >= 0.6 is 0 Å². The first kappa shape index (κ1) is 10.9. The highest BCUT2D eigenvalue weighted by Crippen LogP contribution is 2.21. The molecule has 4 nitrogen and oxygen atoms in total. The van der Waals surface area contributed by atoms with Crippen LogP contribution in [-0.4, -0.2) is 43.0 Å². The number of piperidine rings is 2. The molecular formula is C11H21N3O. The highest BCUT2D eigenvalue weighted by molar-refractivity contribution is 5.76. The summed E-state index contributed by atoms with van der Waals surface area (Å²) in [6.07, 6.45) is 4.42. The van der Waals surface area contributed by atoms with Crippen LogP contribution in [0.15, 0.2) is 0 Å². The maximum absolute atomic E-state index is 11.0. The summed E-state index contributed by atoms with van der Waals surface area (Å²) >= 11 is 0. The number of nitrogens with zero attached hydrogens (tertiary/aromatic N) is 1. The second-order valence-corrected chi connectivity index (χ2v) is 4.69. The fourth-order valence-electron chi connectivity index (χ4n) is 2.72. The lowest BCUT2D eigenvalue weighted by Crippen LogP contribution is -2.47. The molecule has 2 aliphatic heterocycles. The summed E-state index contributed by atoms with van der Waals surface area (Å²) in [6.45, 7) is 4.39. The molecule has 2 heterocycles. The minimum atomic E-state index is -0.111. The highest BCUT2D eigenvalue weighted by atomic mass is 16.1. The summed E-state index contributed by atoms with van der Waals surface area (Å²) in [6, 6.07) is 0.736. The number of primary amides is 1. The fraction of sp³-hybridized carbons (Fsp3) is 0.909. The van der Waals surface area contributed by atoms with Crippen LogP contribution < -0.4 is 11.1 Å². The summed E-state index contributed by atoms with van der Waals surface area (Å²) in [4.78, 5) is 13.6. The number of hydrogen-bond donors (Lipinski definition) is 2. The van der Waals surface area contributed by atoms with Crippen molar-refractivity contribution in [1.29, 1.82) is 0 Å². The zero-order valence-electron chi connectivity index (χ0n) is 9.24. The van der Waals surface area contributed by atoms with E-state index >= 15 is 0 Å². The smallest absolute Gasteiger partial charge is 0.220 e. The van der Waals surface area contributed by atoms with E-state index in [1.54, 1.807) is 0 Å². The van der Waals surface area contributed by atoms with Gasteiger partial charge in [0.1, 0.15) is 0 Å². The molecule has 0 bridgehead atoms. The predicted molar refractivity (Wildman–Crippen MR) is 59.4 cm³/mol. The maximum atomic E-state index is 11.0. The van der Waals surface area contributed by atoms with E-state index < -0.39 is 0 Å². The van der Waals surface area contributed by atoms with Crippen LogP contribution in [0, 0.1) is 5.92 Å².